The van der Waals surface area contributed by atoms with Crippen molar-refractivity contribution in [2.75, 3.05) is 13.1 Å². The molecule has 1 N–H and O–H groups in total. The molecule has 0 saturated carbocycles. The molecule has 1 aliphatic rings. The quantitative estimate of drug-likeness (QED) is 0.432. The Morgan fingerprint density at radius 1 is 1.10 bits per heavy atom. The molecule has 1 aromatic carbocycles. The van der Waals surface area contributed by atoms with Gasteiger partial charge in [-0.15, -0.1) is 35.0 Å². The molecule has 4 heterocycles. The number of hydrogen-bond acceptors (Lipinski definition) is 5. The Morgan fingerprint density at radius 2 is 1.97 bits per heavy atom. The molecule has 4 aromatic rings. The molecule has 6 nitrogen and oxygen atoms in total. The minimum atomic E-state index is -1.04. The second-order valence-electron chi connectivity index (χ2n) is 6.79. The summed E-state index contributed by atoms with van der Waals surface area (Å²) in [6, 6.07) is 13.4. The lowest BCUT2D eigenvalue weighted by Crippen LogP contribution is -2.44. The summed E-state index contributed by atoms with van der Waals surface area (Å²) in [5, 5.41) is 12.5. The molecule has 5 rings (SSSR count). The lowest BCUT2D eigenvalue weighted by atomic mass is 10.1. The normalized spacial score (nSPS) is 18.6. The van der Waals surface area contributed by atoms with Crippen molar-refractivity contribution in [1.82, 2.24) is 24.9 Å². The van der Waals surface area contributed by atoms with E-state index in [1.807, 2.05) is 53.1 Å². The maximum absolute atomic E-state index is 14.2. The Morgan fingerprint density at radius 3 is 2.80 bits per heavy atom. The van der Waals surface area contributed by atoms with Gasteiger partial charge in [-0.25, -0.2) is 9.37 Å². The highest BCUT2D eigenvalue weighted by Gasteiger charge is 2.27. The van der Waals surface area contributed by atoms with Crippen molar-refractivity contribution in [2.24, 2.45) is 0 Å². The smallest absolute Gasteiger partial charge is 0.187 e. The molecule has 0 bridgehead atoms. The number of nitrogens with zero attached hydrogens (tertiary/aromatic N) is 4. The van der Waals surface area contributed by atoms with E-state index in [-0.39, 0.29) is 24.8 Å². The molecule has 10 heteroatoms. The van der Waals surface area contributed by atoms with Crippen LogP contribution in [-0.4, -0.2) is 44.9 Å². The third-order valence-electron chi connectivity index (χ3n) is 4.91. The van der Waals surface area contributed by atoms with Gasteiger partial charge in [0.15, 0.2) is 11.5 Å². The average Bonchev–Trinajstić information content (AvgIpc) is 3.12. The number of piperidine rings is 1. The summed E-state index contributed by atoms with van der Waals surface area (Å²) < 4.78 is 23.0. The number of alkyl halides is 1. The van der Waals surface area contributed by atoms with E-state index in [9.17, 15) is 4.39 Å². The first kappa shape index (κ1) is 22.7. The number of para-hydroxylation sites is 1. The SMILES string of the molecule is Cl.Cl.FC1CNCCC1Oc1cccc2ccc(-c3nnc4ccc(Br)cn34)nc12. The highest BCUT2D eigenvalue weighted by molar-refractivity contribution is 9.10. The van der Waals surface area contributed by atoms with Crippen molar-refractivity contribution in [3.8, 4) is 17.3 Å². The Balaban J connectivity index is 0.00000128. The van der Waals surface area contributed by atoms with Gasteiger partial charge in [0.1, 0.15) is 29.2 Å². The molecule has 1 saturated heterocycles. The van der Waals surface area contributed by atoms with E-state index in [2.05, 4.69) is 31.4 Å². The molecule has 2 unspecified atom stereocenters. The molecule has 0 radical (unpaired) electrons. The minimum Gasteiger partial charge on any atom is -0.485 e. The molecule has 1 aliphatic heterocycles. The molecule has 3 aromatic heterocycles. The predicted molar refractivity (Wildman–Crippen MR) is 123 cm³/mol. The van der Waals surface area contributed by atoms with E-state index in [0.29, 0.717) is 35.8 Å². The Hall–Kier alpha value is -2.00. The van der Waals surface area contributed by atoms with Gasteiger partial charge in [-0.3, -0.25) is 4.40 Å². The van der Waals surface area contributed by atoms with Crippen molar-refractivity contribution >= 4 is 57.3 Å². The molecular weight excluding hydrogens is 496 g/mol. The fourth-order valence-corrected chi connectivity index (χ4v) is 3.81. The predicted octanol–water partition coefficient (Wildman–Crippen LogP) is 4.63. The van der Waals surface area contributed by atoms with Crippen LogP contribution in [0.5, 0.6) is 5.75 Å². The van der Waals surface area contributed by atoms with E-state index < -0.39 is 12.3 Å². The van der Waals surface area contributed by atoms with E-state index in [0.717, 1.165) is 22.1 Å². The monoisotopic (exact) mass is 513 g/mol. The van der Waals surface area contributed by atoms with Gasteiger partial charge in [-0.2, -0.15) is 0 Å². The van der Waals surface area contributed by atoms with E-state index in [4.69, 9.17) is 9.72 Å². The molecule has 30 heavy (non-hydrogen) atoms. The molecule has 0 amide bonds. The lowest BCUT2D eigenvalue weighted by molar-refractivity contribution is 0.0742. The molecule has 1 fully saturated rings. The fourth-order valence-electron chi connectivity index (χ4n) is 3.47. The third-order valence-corrected chi connectivity index (χ3v) is 5.37. The van der Waals surface area contributed by atoms with E-state index in [1.54, 1.807) is 0 Å². The number of benzene rings is 1. The largest absolute Gasteiger partial charge is 0.485 e. The molecular formula is C20H19BrCl2FN5O. The van der Waals surface area contributed by atoms with Gasteiger partial charge in [0, 0.05) is 22.6 Å². The van der Waals surface area contributed by atoms with Crippen LogP contribution in [0.1, 0.15) is 6.42 Å². The summed E-state index contributed by atoms with van der Waals surface area (Å²) in [5.41, 5.74) is 2.10. The summed E-state index contributed by atoms with van der Waals surface area (Å²) in [7, 11) is 0. The van der Waals surface area contributed by atoms with Crippen LogP contribution in [0, 0.1) is 0 Å². The van der Waals surface area contributed by atoms with Crippen molar-refractivity contribution in [1.29, 1.82) is 0 Å². The zero-order valence-corrected chi connectivity index (χ0v) is 18.9. The second kappa shape index (κ2) is 9.43. The van der Waals surface area contributed by atoms with Gasteiger partial charge in [-0.05, 0) is 53.2 Å². The first-order valence-corrected chi connectivity index (χ1v) is 9.90. The van der Waals surface area contributed by atoms with Crippen LogP contribution in [0.2, 0.25) is 0 Å². The number of fused-ring (bicyclic) bond motifs is 2. The summed E-state index contributed by atoms with van der Waals surface area (Å²) in [4.78, 5) is 4.79. The van der Waals surface area contributed by atoms with Crippen molar-refractivity contribution in [3.63, 3.8) is 0 Å². The van der Waals surface area contributed by atoms with Crippen LogP contribution < -0.4 is 10.1 Å². The topological polar surface area (TPSA) is 64.3 Å². The van der Waals surface area contributed by atoms with Crippen LogP contribution in [0.15, 0.2) is 53.1 Å². The van der Waals surface area contributed by atoms with Crippen LogP contribution in [0.3, 0.4) is 0 Å². The second-order valence-corrected chi connectivity index (χ2v) is 7.70. The first-order valence-electron chi connectivity index (χ1n) is 9.11. The van der Waals surface area contributed by atoms with E-state index in [1.165, 1.54) is 0 Å². The van der Waals surface area contributed by atoms with Crippen molar-refractivity contribution < 1.29 is 9.13 Å². The zero-order valence-electron chi connectivity index (χ0n) is 15.7. The van der Waals surface area contributed by atoms with Crippen LogP contribution >= 0.6 is 40.7 Å². The summed E-state index contributed by atoms with van der Waals surface area (Å²) in [6.45, 7) is 1.06. The number of pyridine rings is 2. The Labute approximate surface area is 193 Å². The molecule has 0 aliphatic carbocycles. The highest BCUT2D eigenvalue weighted by atomic mass is 79.9. The van der Waals surface area contributed by atoms with Crippen molar-refractivity contribution in [3.05, 3.63) is 53.1 Å². The number of aromatic nitrogens is 4. The Kier molecular flexibility index (Phi) is 7.13. The van der Waals surface area contributed by atoms with Gasteiger partial charge in [0.2, 0.25) is 0 Å². The van der Waals surface area contributed by atoms with Gasteiger partial charge >= 0.3 is 0 Å². The van der Waals surface area contributed by atoms with Gasteiger partial charge in [0.05, 0.1) is 0 Å². The van der Waals surface area contributed by atoms with Gasteiger partial charge in [0.25, 0.3) is 0 Å². The molecule has 0 spiro atoms. The number of rotatable bonds is 3. The summed E-state index contributed by atoms with van der Waals surface area (Å²) in [6.07, 6.45) is 1.02. The third kappa shape index (κ3) is 4.23. The van der Waals surface area contributed by atoms with Gasteiger partial charge < -0.3 is 10.1 Å². The fraction of sp³-hybridized carbons (Fsp3) is 0.250. The molecule has 158 valence electrons. The van der Waals surface area contributed by atoms with Crippen molar-refractivity contribution in [2.45, 2.75) is 18.7 Å². The van der Waals surface area contributed by atoms with Gasteiger partial charge in [-0.1, -0.05) is 18.2 Å². The maximum atomic E-state index is 14.2. The van der Waals surface area contributed by atoms with Crippen LogP contribution in [0.4, 0.5) is 4.39 Å². The highest BCUT2D eigenvalue weighted by Crippen LogP contribution is 2.29. The first-order chi connectivity index (χ1) is 13.7. The van der Waals surface area contributed by atoms with Crippen LogP contribution in [0.25, 0.3) is 28.1 Å². The maximum Gasteiger partial charge on any atom is 0.187 e. The summed E-state index contributed by atoms with van der Waals surface area (Å²) >= 11 is 3.48. The minimum absolute atomic E-state index is 0. The number of ether oxygens (including phenoxy) is 1. The number of nitrogens with one attached hydrogen (secondary N) is 1. The Bertz CT molecular complexity index is 1170. The standard InChI is InChI=1S/C20H17BrFN5O.2ClH/c21-13-5-7-18-25-26-20(27(18)11-13)15-6-4-12-2-1-3-17(19(12)24-15)28-16-8-9-23-10-14(16)22;;/h1-7,11,14,16,23H,8-10H2;2*1H. The molecule has 2 atom stereocenters. The average molecular weight is 515 g/mol. The zero-order chi connectivity index (χ0) is 19.1. The number of halogens is 4. The van der Waals surface area contributed by atoms with Crippen LogP contribution in [-0.2, 0) is 0 Å². The number of hydrogen-bond donors (Lipinski definition) is 1. The van der Waals surface area contributed by atoms with E-state index >= 15 is 0 Å². The summed E-state index contributed by atoms with van der Waals surface area (Å²) in [5.74, 6) is 1.22. The lowest BCUT2D eigenvalue weighted by Gasteiger charge is -2.27.